The van der Waals surface area contributed by atoms with Crippen molar-refractivity contribution in [1.82, 2.24) is 15.0 Å². The summed E-state index contributed by atoms with van der Waals surface area (Å²) in [4.78, 5) is 0.871. The Balaban J connectivity index is 1.74. The normalized spacial score (nSPS) is 11.2. The molecule has 0 fully saturated rings. The number of hydrogen-bond acceptors (Lipinski definition) is 6. The van der Waals surface area contributed by atoms with Crippen molar-refractivity contribution in [2.24, 2.45) is 0 Å². The van der Waals surface area contributed by atoms with Gasteiger partial charge in [-0.25, -0.2) is 4.68 Å². The number of phenolic OH excluding ortho intramolecular Hbond substituents is 2. The quantitative estimate of drug-likeness (QED) is 0.369. The second-order valence-corrected chi connectivity index (χ2v) is 7.03. The molecule has 142 valence electrons. The second-order valence-electron chi connectivity index (χ2n) is 6.54. The molecule has 0 aliphatic carbocycles. The molecule has 5 aromatic rings. The van der Waals surface area contributed by atoms with E-state index in [0.717, 1.165) is 21.2 Å². The van der Waals surface area contributed by atoms with Gasteiger partial charge in [0.05, 0.1) is 23.7 Å². The lowest BCUT2D eigenvalue weighted by atomic mass is 10.0. The Kier molecular flexibility index (Phi) is 4.03. The second kappa shape index (κ2) is 6.72. The number of benzene rings is 3. The molecule has 0 spiro atoms. The predicted molar refractivity (Wildman–Crippen MR) is 113 cm³/mol. The SMILES string of the molecule is Oc1cc(O)c(-n2nncc2-c2cccc3c(S)cccc23)cc1-c1ccco1. The Morgan fingerprint density at radius 3 is 2.52 bits per heavy atom. The summed E-state index contributed by atoms with van der Waals surface area (Å²) in [5.41, 5.74) is 2.41. The molecule has 0 saturated carbocycles. The molecule has 2 N–H and O–H groups in total. The Morgan fingerprint density at radius 1 is 0.862 bits per heavy atom. The smallest absolute Gasteiger partial charge is 0.145 e. The lowest BCUT2D eigenvalue weighted by Gasteiger charge is -2.13. The molecule has 0 aliphatic heterocycles. The summed E-state index contributed by atoms with van der Waals surface area (Å²) in [6.07, 6.45) is 3.16. The van der Waals surface area contributed by atoms with Gasteiger partial charge in [-0.1, -0.05) is 35.5 Å². The van der Waals surface area contributed by atoms with Crippen LogP contribution in [0.2, 0.25) is 0 Å². The Morgan fingerprint density at radius 2 is 1.69 bits per heavy atom. The molecule has 5 rings (SSSR count). The van der Waals surface area contributed by atoms with Crippen LogP contribution in [0.25, 0.3) is 39.0 Å². The van der Waals surface area contributed by atoms with Crippen molar-refractivity contribution in [2.75, 3.05) is 0 Å². The van der Waals surface area contributed by atoms with Crippen LogP contribution in [-0.2, 0) is 0 Å². The van der Waals surface area contributed by atoms with Crippen LogP contribution < -0.4 is 0 Å². The Labute approximate surface area is 171 Å². The van der Waals surface area contributed by atoms with Crippen LogP contribution in [-0.4, -0.2) is 25.2 Å². The van der Waals surface area contributed by atoms with E-state index in [4.69, 9.17) is 4.42 Å². The molecule has 2 heterocycles. The molecular formula is C22H15N3O3S. The molecule has 29 heavy (non-hydrogen) atoms. The number of aromatic hydroxyl groups is 2. The molecule has 0 aliphatic rings. The van der Waals surface area contributed by atoms with Gasteiger partial charge in [0, 0.05) is 16.5 Å². The first-order valence-corrected chi connectivity index (χ1v) is 9.30. The van der Waals surface area contributed by atoms with Gasteiger partial charge in [0.25, 0.3) is 0 Å². The summed E-state index contributed by atoms with van der Waals surface area (Å²) < 4.78 is 6.95. The third kappa shape index (κ3) is 2.83. The van der Waals surface area contributed by atoms with Gasteiger partial charge < -0.3 is 14.6 Å². The van der Waals surface area contributed by atoms with Crippen LogP contribution in [0.4, 0.5) is 0 Å². The van der Waals surface area contributed by atoms with Gasteiger partial charge in [-0.2, -0.15) is 0 Å². The minimum Gasteiger partial charge on any atom is -0.507 e. The van der Waals surface area contributed by atoms with E-state index in [1.165, 1.54) is 12.3 Å². The molecule has 0 unspecified atom stereocenters. The maximum absolute atomic E-state index is 10.5. The van der Waals surface area contributed by atoms with E-state index in [9.17, 15) is 10.2 Å². The molecule has 0 bridgehead atoms. The number of aromatic nitrogens is 3. The van der Waals surface area contributed by atoms with Crippen LogP contribution in [0, 0.1) is 0 Å². The highest BCUT2D eigenvalue weighted by molar-refractivity contribution is 7.80. The molecule has 2 aromatic heterocycles. The zero-order valence-corrected chi connectivity index (χ0v) is 15.9. The molecule has 7 heteroatoms. The maximum Gasteiger partial charge on any atom is 0.145 e. The van der Waals surface area contributed by atoms with E-state index >= 15 is 0 Å². The van der Waals surface area contributed by atoms with Gasteiger partial charge in [0.1, 0.15) is 22.9 Å². The first-order valence-electron chi connectivity index (χ1n) is 8.85. The monoisotopic (exact) mass is 401 g/mol. The molecule has 0 saturated heterocycles. The van der Waals surface area contributed by atoms with Gasteiger partial charge in [-0.05, 0) is 35.0 Å². The first-order chi connectivity index (χ1) is 14.1. The summed E-state index contributed by atoms with van der Waals surface area (Å²) in [6, 6.07) is 18.2. The van der Waals surface area contributed by atoms with Crippen molar-refractivity contribution in [2.45, 2.75) is 4.90 Å². The first kappa shape index (κ1) is 17.4. The fraction of sp³-hybridized carbons (Fsp3) is 0. The highest BCUT2D eigenvalue weighted by Crippen LogP contribution is 2.39. The van der Waals surface area contributed by atoms with Gasteiger partial charge >= 0.3 is 0 Å². The molecule has 0 radical (unpaired) electrons. The van der Waals surface area contributed by atoms with E-state index in [0.29, 0.717) is 22.7 Å². The third-order valence-corrected chi connectivity index (χ3v) is 5.22. The van der Waals surface area contributed by atoms with E-state index < -0.39 is 0 Å². The molecule has 6 nitrogen and oxygen atoms in total. The van der Waals surface area contributed by atoms with Crippen LogP contribution in [0.5, 0.6) is 11.5 Å². The topological polar surface area (TPSA) is 84.3 Å². The minimum absolute atomic E-state index is 0.0901. The van der Waals surface area contributed by atoms with Crippen LogP contribution in [0.3, 0.4) is 0 Å². The van der Waals surface area contributed by atoms with E-state index in [2.05, 4.69) is 22.9 Å². The average Bonchev–Trinajstić information content (AvgIpc) is 3.40. The highest BCUT2D eigenvalue weighted by Gasteiger charge is 2.18. The van der Waals surface area contributed by atoms with Crippen LogP contribution in [0.15, 0.2) is 82.4 Å². The maximum atomic E-state index is 10.5. The van der Waals surface area contributed by atoms with Crippen molar-refractivity contribution >= 4 is 23.4 Å². The standard InChI is InChI=1S/C22H15N3O3S/c26-19-11-20(27)17(10-16(19)21-7-3-9-28-21)25-18(12-23-24-25)14-5-1-6-15-13(14)4-2-8-22(15)29/h1-12,26-27,29H. The van der Waals surface area contributed by atoms with Crippen molar-refractivity contribution in [3.63, 3.8) is 0 Å². The summed E-state index contributed by atoms with van der Waals surface area (Å²) in [5, 5.41) is 31.0. The fourth-order valence-electron chi connectivity index (χ4n) is 3.48. The van der Waals surface area contributed by atoms with E-state index in [1.807, 2.05) is 36.4 Å². The van der Waals surface area contributed by atoms with Crippen LogP contribution in [0.1, 0.15) is 0 Å². The van der Waals surface area contributed by atoms with Crippen molar-refractivity contribution in [3.8, 4) is 39.8 Å². The minimum atomic E-state index is -0.125. The van der Waals surface area contributed by atoms with Crippen LogP contribution >= 0.6 is 12.6 Å². The Hall–Kier alpha value is -3.71. The molecule has 0 atom stereocenters. The summed E-state index contributed by atoms with van der Waals surface area (Å²) in [7, 11) is 0. The molecular weight excluding hydrogens is 386 g/mol. The van der Waals surface area contributed by atoms with Crippen molar-refractivity contribution < 1.29 is 14.6 Å². The third-order valence-electron chi connectivity index (χ3n) is 4.83. The van der Waals surface area contributed by atoms with E-state index in [1.54, 1.807) is 29.1 Å². The van der Waals surface area contributed by atoms with Gasteiger partial charge in [-0.3, -0.25) is 0 Å². The number of hydrogen-bond donors (Lipinski definition) is 3. The number of fused-ring (bicyclic) bond motifs is 1. The zero-order chi connectivity index (χ0) is 20.0. The van der Waals surface area contributed by atoms with Crippen molar-refractivity contribution in [1.29, 1.82) is 0 Å². The zero-order valence-electron chi connectivity index (χ0n) is 15.0. The number of rotatable bonds is 3. The number of nitrogens with zero attached hydrogens (tertiary/aromatic N) is 3. The highest BCUT2D eigenvalue weighted by atomic mass is 32.1. The number of phenols is 2. The number of thiol groups is 1. The predicted octanol–water partition coefficient (Wildman–Crippen LogP) is 5.05. The average molecular weight is 401 g/mol. The van der Waals surface area contributed by atoms with E-state index in [-0.39, 0.29) is 11.5 Å². The summed E-state index contributed by atoms with van der Waals surface area (Å²) >= 11 is 4.55. The van der Waals surface area contributed by atoms with Gasteiger partial charge in [0.2, 0.25) is 0 Å². The van der Waals surface area contributed by atoms with Crippen molar-refractivity contribution in [3.05, 3.63) is 73.1 Å². The number of furan rings is 1. The molecule has 0 amide bonds. The molecule has 3 aromatic carbocycles. The fourth-order valence-corrected chi connectivity index (χ4v) is 3.76. The lowest BCUT2D eigenvalue weighted by Crippen LogP contribution is -2.01. The van der Waals surface area contributed by atoms with Gasteiger partial charge in [0.15, 0.2) is 0 Å². The Bertz CT molecular complexity index is 1340. The summed E-state index contributed by atoms with van der Waals surface area (Å²) in [6.45, 7) is 0. The largest absolute Gasteiger partial charge is 0.507 e. The van der Waals surface area contributed by atoms with Gasteiger partial charge in [-0.15, -0.1) is 17.7 Å². The lowest BCUT2D eigenvalue weighted by molar-refractivity contribution is 0.447. The summed E-state index contributed by atoms with van der Waals surface area (Å²) in [5.74, 6) is 0.266.